The van der Waals surface area contributed by atoms with E-state index >= 15 is 0 Å². The summed E-state index contributed by atoms with van der Waals surface area (Å²) < 4.78 is 22.9. The number of quaternary nitrogens is 1. The minimum atomic E-state index is -1.51. The minimum absolute atomic E-state index is 0.184. The smallest absolute Gasteiger partial charge is 0.361 e. The molecule has 0 amide bonds. The molecule has 9 heteroatoms. The molecule has 0 aliphatic rings. The average molecular weight is 1040 g/mol. The molecule has 0 spiro atoms. The second kappa shape index (κ2) is 55.7. The van der Waals surface area contributed by atoms with E-state index in [1.165, 1.54) is 128 Å². The molecule has 74 heavy (non-hydrogen) atoms. The first-order valence-corrected chi connectivity index (χ1v) is 30.3. The molecule has 0 saturated carbocycles. The summed E-state index contributed by atoms with van der Waals surface area (Å²) in [6.07, 6.45) is 70.9. The number of rotatable bonds is 55. The van der Waals surface area contributed by atoms with Gasteiger partial charge in [-0.1, -0.05) is 253 Å². The molecule has 0 saturated heterocycles. The van der Waals surface area contributed by atoms with Crippen LogP contribution in [0.15, 0.2) is 85.1 Å². The van der Waals surface area contributed by atoms with Gasteiger partial charge in [0.25, 0.3) is 6.29 Å². The molecule has 0 aliphatic carbocycles. The van der Waals surface area contributed by atoms with Crippen LogP contribution in [0.3, 0.4) is 0 Å². The maximum atomic E-state index is 12.9. The predicted molar refractivity (Wildman–Crippen MR) is 313 cm³/mol. The number of likely N-dealkylation sites (N-methyl/N-ethyl adjacent to an activating group) is 1. The third-order valence-corrected chi connectivity index (χ3v) is 12.9. The van der Waals surface area contributed by atoms with Gasteiger partial charge in [0, 0.05) is 12.8 Å². The molecule has 0 heterocycles. The zero-order valence-electron chi connectivity index (χ0n) is 48.5. The summed E-state index contributed by atoms with van der Waals surface area (Å²) in [4.78, 5) is 37.5. The Hall–Kier alpha value is -3.53. The van der Waals surface area contributed by atoms with Crippen LogP contribution in [0, 0.1) is 0 Å². The quantitative estimate of drug-likeness (QED) is 0.0211. The summed E-state index contributed by atoms with van der Waals surface area (Å²) >= 11 is 0. The molecule has 2 unspecified atom stereocenters. The van der Waals surface area contributed by atoms with Gasteiger partial charge in [0.05, 0.1) is 34.4 Å². The number of aliphatic carboxylic acids is 1. The number of allylic oxidation sites excluding steroid dienone is 14. The van der Waals surface area contributed by atoms with E-state index in [1.807, 2.05) is 21.1 Å². The number of ether oxygens (including phenoxy) is 4. The maximum absolute atomic E-state index is 12.9. The second-order valence-corrected chi connectivity index (χ2v) is 21.3. The van der Waals surface area contributed by atoms with Gasteiger partial charge in [-0.3, -0.25) is 9.59 Å². The Bertz CT molecular complexity index is 1490. The Kier molecular flexibility index (Phi) is 53.0. The number of nitrogens with zero attached hydrogens (tertiary/aromatic N) is 1. The van der Waals surface area contributed by atoms with E-state index in [0.29, 0.717) is 23.9 Å². The van der Waals surface area contributed by atoms with E-state index in [1.54, 1.807) is 0 Å². The van der Waals surface area contributed by atoms with Crippen LogP contribution in [0.4, 0.5) is 0 Å². The summed E-state index contributed by atoms with van der Waals surface area (Å²) in [5.74, 6) is -2.01. The van der Waals surface area contributed by atoms with Gasteiger partial charge in [-0.25, -0.2) is 4.79 Å². The van der Waals surface area contributed by atoms with Crippen molar-refractivity contribution in [2.24, 2.45) is 0 Å². The van der Waals surface area contributed by atoms with E-state index in [0.717, 1.165) is 89.9 Å². The highest BCUT2D eigenvalue weighted by molar-refractivity contribution is 5.71. The highest BCUT2D eigenvalue weighted by Gasteiger charge is 2.25. The lowest BCUT2D eigenvalue weighted by Gasteiger charge is -2.25. The van der Waals surface area contributed by atoms with Crippen LogP contribution in [0.2, 0.25) is 0 Å². The zero-order chi connectivity index (χ0) is 54.1. The first-order valence-electron chi connectivity index (χ1n) is 30.3. The summed E-state index contributed by atoms with van der Waals surface area (Å²) in [5.41, 5.74) is 0. The van der Waals surface area contributed by atoms with Crippen molar-refractivity contribution in [1.29, 1.82) is 0 Å². The fourth-order valence-corrected chi connectivity index (χ4v) is 8.29. The van der Waals surface area contributed by atoms with Crippen molar-refractivity contribution in [1.82, 2.24) is 0 Å². The summed E-state index contributed by atoms with van der Waals surface area (Å²) in [5, 5.41) is 9.71. The van der Waals surface area contributed by atoms with Crippen LogP contribution in [0.25, 0.3) is 0 Å². The average Bonchev–Trinajstić information content (AvgIpc) is 3.37. The molecule has 0 radical (unpaired) electrons. The third kappa shape index (κ3) is 56.2. The fraction of sp³-hybridized carbons (Fsp3) is 0.738. The van der Waals surface area contributed by atoms with Crippen molar-refractivity contribution in [3.63, 3.8) is 0 Å². The van der Waals surface area contributed by atoms with Crippen LogP contribution in [-0.4, -0.2) is 87.4 Å². The molecule has 426 valence electrons. The van der Waals surface area contributed by atoms with E-state index < -0.39 is 24.3 Å². The molecule has 0 aromatic heterocycles. The van der Waals surface area contributed by atoms with E-state index in [9.17, 15) is 19.5 Å². The molecule has 2 atom stereocenters. The van der Waals surface area contributed by atoms with E-state index in [2.05, 4.69) is 98.9 Å². The maximum Gasteiger partial charge on any atom is 0.361 e. The molecule has 0 rings (SSSR count). The Morgan fingerprint density at radius 1 is 0.419 bits per heavy atom. The second-order valence-electron chi connectivity index (χ2n) is 21.3. The van der Waals surface area contributed by atoms with Gasteiger partial charge in [-0.05, 0) is 70.6 Å². The Morgan fingerprint density at radius 3 is 1.15 bits per heavy atom. The monoisotopic (exact) mass is 1040 g/mol. The van der Waals surface area contributed by atoms with Crippen molar-refractivity contribution in [3.05, 3.63) is 85.1 Å². The van der Waals surface area contributed by atoms with Gasteiger partial charge < -0.3 is 28.5 Å². The number of hydrogen-bond acceptors (Lipinski definition) is 7. The number of unbranched alkanes of at least 4 members (excludes halogenated alkanes) is 26. The van der Waals surface area contributed by atoms with Crippen LogP contribution in [-0.2, 0) is 33.3 Å². The molecule has 0 aliphatic heterocycles. The van der Waals surface area contributed by atoms with Crippen molar-refractivity contribution in [3.8, 4) is 0 Å². The minimum Gasteiger partial charge on any atom is -0.477 e. The number of carboxylic acid groups (broad SMARTS) is 1. The molecular weight excluding hydrogens is 923 g/mol. The first kappa shape index (κ1) is 70.5. The summed E-state index contributed by atoms with van der Waals surface area (Å²) in [6, 6.07) is 0. The number of hydrogen-bond donors (Lipinski definition) is 1. The van der Waals surface area contributed by atoms with Gasteiger partial charge in [0.15, 0.2) is 6.10 Å². The standard InChI is InChI=1S/C65H113NO8/c1-6-8-10-12-14-16-18-20-22-24-26-27-28-29-30-31-32-33-34-35-36-37-38-40-42-44-46-48-50-52-54-56-63(68)74-61(60-73-65(64(69)70)71-58-57-66(3,4)5)59-72-62(67)55-53-51-49-47-45-43-41-39-25-23-21-19-17-15-13-11-9-7-2/h8,10,14,16,20,22,26-27,29-30,32-33,35-36,61,65H,6-7,9,11-13,15,17-19,21,23-25,28,31,34,37-60H2,1-5H3/p+1/b10-8-,16-14-,22-20-,27-26-,30-29-,33-32-,36-35-. The SMILES string of the molecule is CC/C=C\C/C=C\C/C=C\C/C=C\C/C=C\C/C=C\C/C=C\CCCCCCCCCCCC(=O)OC(COC(=O)CCCCCCCCCCCCCCCCCCCC)COC(OCC[N+](C)(C)C)C(=O)O. The van der Waals surface area contributed by atoms with Crippen molar-refractivity contribution < 1.29 is 42.9 Å². The van der Waals surface area contributed by atoms with E-state index in [4.69, 9.17) is 18.9 Å². The number of carbonyl (C=O) groups is 3. The summed E-state index contributed by atoms with van der Waals surface area (Å²) in [7, 11) is 5.97. The lowest BCUT2D eigenvalue weighted by molar-refractivity contribution is -0.870. The lowest BCUT2D eigenvalue weighted by Crippen LogP contribution is -2.40. The molecule has 1 N–H and O–H groups in total. The highest BCUT2D eigenvalue weighted by atomic mass is 16.7. The predicted octanol–water partition coefficient (Wildman–Crippen LogP) is 18.0. The van der Waals surface area contributed by atoms with Crippen LogP contribution in [0.5, 0.6) is 0 Å². The van der Waals surface area contributed by atoms with Gasteiger partial charge >= 0.3 is 17.9 Å². The van der Waals surface area contributed by atoms with Crippen LogP contribution in [0.1, 0.15) is 251 Å². The topological polar surface area (TPSA) is 108 Å². The lowest BCUT2D eigenvalue weighted by atomic mass is 10.0. The number of esters is 2. The van der Waals surface area contributed by atoms with Gasteiger partial charge in [-0.15, -0.1) is 0 Å². The number of carbonyl (C=O) groups excluding carboxylic acids is 2. The molecule has 0 aromatic carbocycles. The normalized spacial score (nSPS) is 13.4. The first-order chi connectivity index (χ1) is 36.1. The van der Waals surface area contributed by atoms with Crippen molar-refractivity contribution >= 4 is 17.9 Å². The van der Waals surface area contributed by atoms with E-state index in [-0.39, 0.29) is 32.2 Å². The molecule has 9 nitrogen and oxygen atoms in total. The molecule has 0 fully saturated rings. The van der Waals surface area contributed by atoms with Crippen LogP contribution >= 0.6 is 0 Å². The Balaban J connectivity index is 4.23. The fourth-order valence-electron chi connectivity index (χ4n) is 8.29. The molecule has 0 aromatic rings. The largest absolute Gasteiger partial charge is 0.477 e. The van der Waals surface area contributed by atoms with Crippen molar-refractivity contribution in [2.75, 3.05) is 47.5 Å². The number of carboxylic acids is 1. The van der Waals surface area contributed by atoms with Gasteiger partial charge in [-0.2, -0.15) is 0 Å². The van der Waals surface area contributed by atoms with Crippen LogP contribution < -0.4 is 0 Å². The van der Waals surface area contributed by atoms with Crippen molar-refractivity contribution in [2.45, 2.75) is 264 Å². The molecular formula is C65H114NO8+. The Labute approximate surface area is 455 Å². The third-order valence-electron chi connectivity index (χ3n) is 12.9. The highest BCUT2D eigenvalue weighted by Crippen LogP contribution is 2.16. The summed E-state index contributed by atoms with van der Waals surface area (Å²) in [6.45, 7) is 4.78. The van der Waals surface area contributed by atoms with Gasteiger partial charge in [0.1, 0.15) is 13.2 Å². The Morgan fingerprint density at radius 2 is 0.770 bits per heavy atom. The zero-order valence-corrected chi connectivity index (χ0v) is 48.5. The molecule has 0 bridgehead atoms. The van der Waals surface area contributed by atoms with Gasteiger partial charge in [0.2, 0.25) is 0 Å².